The quantitative estimate of drug-likeness (QED) is 0.506. The number of aliphatic hydroxyl groups excluding tert-OH is 2. The predicted octanol–water partition coefficient (Wildman–Crippen LogP) is 2.59. The highest BCUT2D eigenvalue weighted by atomic mass is 16.4. The molecule has 1 aromatic rings. The Balaban J connectivity index is 2.24. The number of aliphatic hydroxyl groups is 3. The molecule has 0 radical (unpaired) electrons. The predicted molar refractivity (Wildman–Crippen MR) is 97.6 cm³/mol. The lowest BCUT2D eigenvalue weighted by Crippen LogP contribution is -2.42. The number of hydrogen-bond donors (Lipinski definition) is 5. The van der Waals surface area contributed by atoms with Crippen molar-refractivity contribution in [2.24, 2.45) is 5.92 Å². The second-order valence-electron chi connectivity index (χ2n) is 7.97. The average Bonchev–Trinajstić information content (AvgIpc) is 2.58. The van der Waals surface area contributed by atoms with Crippen molar-refractivity contribution in [1.29, 1.82) is 0 Å². The van der Waals surface area contributed by atoms with Crippen LogP contribution in [-0.4, -0.2) is 49.8 Å². The normalized spacial score (nSPS) is 24.4. The molecular formula is C20H30O6. The Morgan fingerprint density at radius 3 is 2.54 bits per heavy atom. The van der Waals surface area contributed by atoms with Crippen LogP contribution in [0.1, 0.15) is 79.8 Å². The van der Waals surface area contributed by atoms with Gasteiger partial charge in [0.15, 0.2) is 0 Å². The van der Waals surface area contributed by atoms with Crippen molar-refractivity contribution in [2.75, 3.05) is 6.61 Å². The average molecular weight is 366 g/mol. The van der Waals surface area contributed by atoms with Crippen LogP contribution in [0, 0.1) is 5.92 Å². The van der Waals surface area contributed by atoms with Gasteiger partial charge in [0.05, 0.1) is 18.3 Å². The van der Waals surface area contributed by atoms with Crippen LogP contribution < -0.4 is 0 Å². The van der Waals surface area contributed by atoms with Crippen molar-refractivity contribution >= 4 is 5.97 Å². The lowest BCUT2D eigenvalue weighted by molar-refractivity contribution is -0.0962. The topological polar surface area (TPSA) is 118 Å². The van der Waals surface area contributed by atoms with Gasteiger partial charge in [-0.1, -0.05) is 13.8 Å². The highest BCUT2D eigenvalue weighted by Crippen LogP contribution is 2.47. The molecule has 0 bridgehead atoms. The zero-order valence-corrected chi connectivity index (χ0v) is 15.6. The van der Waals surface area contributed by atoms with E-state index in [4.69, 9.17) is 5.11 Å². The monoisotopic (exact) mass is 366 g/mol. The Labute approximate surface area is 154 Å². The van der Waals surface area contributed by atoms with Crippen molar-refractivity contribution in [3.63, 3.8) is 0 Å². The number of carboxylic acids is 1. The molecule has 0 heterocycles. The fourth-order valence-electron chi connectivity index (χ4n) is 3.99. The van der Waals surface area contributed by atoms with E-state index in [1.165, 1.54) is 13.0 Å². The second-order valence-corrected chi connectivity index (χ2v) is 7.97. The molecule has 1 aromatic carbocycles. The van der Waals surface area contributed by atoms with Crippen LogP contribution in [0.5, 0.6) is 5.75 Å². The molecule has 2 rings (SSSR count). The van der Waals surface area contributed by atoms with Gasteiger partial charge in [0, 0.05) is 5.56 Å². The molecule has 26 heavy (non-hydrogen) atoms. The standard InChI is InChI=1S/C20H30O6/c1-11(5-7-17(23)20(3,26)10-21)14-6-4-12(2)18-15(14)8-13(19(24)25)9-16(18)22/h8-9,11-12,14,17,21-23,26H,4-7,10H2,1-3H3,(H,24,25)/t11-,12+,14-,17?,20?/m0/s1. The van der Waals surface area contributed by atoms with E-state index in [1.807, 2.05) is 13.8 Å². The first kappa shape index (κ1) is 20.7. The summed E-state index contributed by atoms with van der Waals surface area (Å²) in [5, 5.41) is 48.8. The maximum Gasteiger partial charge on any atom is 0.335 e. The first-order valence-electron chi connectivity index (χ1n) is 9.19. The minimum atomic E-state index is -1.53. The molecule has 0 aliphatic heterocycles. The maximum atomic E-state index is 11.4. The summed E-state index contributed by atoms with van der Waals surface area (Å²) in [5.74, 6) is -0.654. The van der Waals surface area contributed by atoms with Crippen LogP contribution in [0.15, 0.2) is 12.1 Å². The minimum absolute atomic E-state index is 0.0348. The molecule has 146 valence electrons. The van der Waals surface area contributed by atoms with Gasteiger partial charge >= 0.3 is 5.97 Å². The van der Waals surface area contributed by atoms with Crippen molar-refractivity contribution < 1.29 is 30.3 Å². The van der Waals surface area contributed by atoms with E-state index in [9.17, 15) is 25.2 Å². The number of aromatic carboxylic acids is 1. The molecule has 0 spiro atoms. The number of benzene rings is 1. The van der Waals surface area contributed by atoms with Crippen LogP contribution in [0.25, 0.3) is 0 Å². The molecule has 5 N–H and O–H groups in total. The Morgan fingerprint density at radius 1 is 1.31 bits per heavy atom. The third kappa shape index (κ3) is 4.19. The Bertz CT molecular complexity index is 654. The van der Waals surface area contributed by atoms with Crippen LogP contribution >= 0.6 is 0 Å². The molecule has 6 heteroatoms. The molecule has 0 saturated heterocycles. The van der Waals surface area contributed by atoms with E-state index >= 15 is 0 Å². The second kappa shape index (κ2) is 7.94. The first-order chi connectivity index (χ1) is 12.1. The van der Waals surface area contributed by atoms with Gasteiger partial charge in [-0.3, -0.25) is 0 Å². The largest absolute Gasteiger partial charge is 0.508 e. The van der Waals surface area contributed by atoms with E-state index in [1.54, 1.807) is 6.07 Å². The smallest absolute Gasteiger partial charge is 0.335 e. The van der Waals surface area contributed by atoms with Crippen LogP contribution in [-0.2, 0) is 0 Å². The number of carboxylic acid groups (broad SMARTS) is 1. The Morgan fingerprint density at radius 2 is 1.96 bits per heavy atom. The molecule has 1 aliphatic carbocycles. The molecule has 1 aliphatic rings. The third-order valence-electron chi connectivity index (χ3n) is 5.86. The summed E-state index contributed by atoms with van der Waals surface area (Å²) in [5.41, 5.74) is 0.238. The fourth-order valence-corrected chi connectivity index (χ4v) is 3.99. The summed E-state index contributed by atoms with van der Waals surface area (Å²) < 4.78 is 0. The number of phenols is 1. The van der Waals surface area contributed by atoms with Crippen molar-refractivity contribution in [3.8, 4) is 5.75 Å². The van der Waals surface area contributed by atoms with Gasteiger partial charge in [0.2, 0.25) is 0 Å². The van der Waals surface area contributed by atoms with Crippen molar-refractivity contribution in [2.45, 2.75) is 70.0 Å². The van der Waals surface area contributed by atoms with Gasteiger partial charge in [0.25, 0.3) is 0 Å². The van der Waals surface area contributed by atoms with E-state index < -0.39 is 24.3 Å². The number of carbonyl (C=O) groups is 1. The SMILES string of the molecule is C[C@@H]1CC[C@@H]([C@@H](C)CCC(O)C(C)(O)CO)c2cc(C(=O)O)cc(O)c21. The lowest BCUT2D eigenvalue weighted by atomic mass is 9.70. The molecule has 6 nitrogen and oxygen atoms in total. The molecule has 2 unspecified atom stereocenters. The number of hydrogen-bond acceptors (Lipinski definition) is 5. The van der Waals surface area contributed by atoms with E-state index in [2.05, 4.69) is 0 Å². The summed E-state index contributed by atoms with van der Waals surface area (Å²) >= 11 is 0. The van der Waals surface area contributed by atoms with Crippen LogP contribution in [0.3, 0.4) is 0 Å². The summed E-state index contributed by atoms with van der Waals surface area (Å²) in [6.45, 7) is 4.96. The molecule has 5 atom stereocenters. The van der Waals surface area contributed by atoms with E-state index in [-0.39, 0.29) is 29.1 Å². The maximum absolute atomic E-state index is 11.4. The summed E-state index contributed by atoms with van der Waals surface area (Å²) in [6.07, 6.45) is 1.70. The Kier molecular flexibility index (Phi) is 6.32. The highest BCUT2D eigenvalue weighted by molar-refractivity contribution is 5.88. The molecular weight excluding hydrogens is 336 g/mol. The third-order valence-corrected chi connectivity index (χ3v) is 5.86. The van der Waals surface area contributed by atoms with E-state index in [0.29, 0.717) is 12.8 Å². The van der Waals surface area contributed by atoms with Gasteiger partial charge in [0.1, 0.15) is 11.4 Å². The van der Waals surface area contributed by atoms with Crippen molar-refractivity contribution in [1.82, 2.24) is 0 Å². The van der Waals surface area contributed by atoms with Gasteiger partial charge in [-0.2, -0.15) is 0 Å². The van der Waals surface area contributed by atoms with Crippen LogP contribution in [0.2, 0.25) is 0 Å². The number of phenolic OH excluding ortho intramolecular Hbond substituents is 1. The highest BCUT2D eigenvalue weighted by Gasteiger charge is 2.34. The molecule has 0 amide bonds. The summed E-state index contributed by atoms with van der Waals surface area (Å²) in [4.78, 5) is 11.4. The van der Waals surface area contributed by atoms with Crippen molar-refractivity contribution in [3.05, 3.63) is 28.8 Å². The molecule has 0 aromatic heterocycles. The lowest BCUT2D eigenvalue weighted by Gasteiger charge is -2.35. The molecule has 0 saturated carbocycles. The number of fused-ring (bicyclic) bond motifs is 1. The van der Waals surface area contributed by atoms with Gasteiger partial charge in [-0.05, 0) is 68.1 Å². The summed E-state index contributed by atoms with van der Waals surface area (Å²) in [6, 6.07) is 2.97. The molecule has 0 fully saturated rings. The van der Waals surface area contributed by atoms with Crippen LogP contribution in [0.4, 0.5) is 0 Å². The minimum Gasteiger partial charge on any atom is -0.508 e. The van der Waals surface area contributed by atoms with Gasteiger partial charge < -0.3 is 25.5 Å². The Hall–Kier alpha value is -1.63. The first-order valence-corrected chi connectivity index (χ1v) is 9.19. The number of aromatic hydroxyl groups is 1. The zero-order chi connectivity index (χ0) is 19.6. The number of rotatable bonds is 7. The van der Waals surface area contributed by atoms with Gasteiger partial charge in [-0.25, -0.2) is 4.79 Å². The summed E-state index contributed by atoms with van der Waals surface area (Å²) in [7, 11) is 0. The zero-order valence-electron chi connectivity index (χ0n) is 15.6. The fraction of sp³-hybridized carbons (Fsp3) is 0.650. The van der Waals surface area contributed by atoms with Gasteiger partial charge in [-0.15, -0.1) is 0 Å². The van der Waals surface area contributed by atoms with E-state index in [0.717, 1.165) is 24.0 Å².